The van der Waals surface area contributed by atoms with Crippen LogP contribution in [-0.2, 0) is 4.79 Å². The molecule has 0 saturated heterocycles. The van der Waals surface area contributed by atoms with Gasteiger partial charge in [0.2, 0.25) is 5.91 Å². The van der Waals surface area contributed by atoms with E-state index in [9.17, 15) is 9.59 Å². The van der Waals surface area contributed by atoms with Gasteiger partial charge in [0.05, 0.1) is 11.6 Å². The van der Waals surface area contributed by atoms with Gasteiger partial charge in [-0.3, -0.25) is 20.4 Å². The number of rotatable bonds is 6. The van der Waals surface area contributed by atoms with Gasteiger partial charge in [0.25, 0.3) is 5.91 Å². The molecular formula is C22H23N3O2S. The molecule has 1 aromatic heterocycles. The molecule has 0 spiro atoms. The Kier molecular flexibility index (Phi) is 6.55. The lowest BCUT2D eigenvalue weighted by molar-refractivity contribution is -0.123. The molecule has 3 aromatic rings. The van der Waals surface area contributed by atoms with Crippen molar-refractivity contribution in [2.24, 2.45) is 0 Å². The number of thiazole rings is 1. The number of aromatic nitrogens is 1. The lowest BCUT2D eigenvalue weighted by Gasteiger charge is -2.16. The smallest absolute Gasteiger partial charge is 0.273 e. The van der Waals surface area contributed by atoms with Crippen molar-refractivity contribution in [2.75, 3.05) is 0 Å². The number of amides is 2. The molecule has 28 heavy (non-hydrogen) atoms. The average Bonchev–Trinajstić information content (AvgIpc) is 3.13. The van der Waals surface area contributed by atoms with Gasteiger partial charge >= 0.3 is 0 Å². The molecule has 0 aliphatic rings. The largest absolute Gasteiger partial charge is 0.281 e. The Bertz CT molecular complexity index is 939. The van der Waals surface area contributed by atoms with Crippen LogP contribution in [0.4, 0.5) is 0 Å². The first kappa shape index (κ1) is 19.8. The Balaban J connectivity index is 1.68. The van der Waals surface area contributed by atoms with E-state index in [2.05, 4.69) is 15.8 Å². The van der Waals surface area contributed by atoms with Crippen LogP contribution in [0.25, 0.3) is 10.6 Å². The number of nitrogens with one attached hydrogen (secondary N) is 2. The lowest BCUT2D eigenvalue weighted by Crippen LogP contribution is -2.43. The third-order valence-electron chi connectivity index (χ3n) is 4.42. The molecular weight excluding hydrogens is 370 g/mol. The second-order valence-corrected chi connectivity index (χ2v) is 7.49. The van der Waals surface area contributed by atoms with Crippen LogP contribution in [-0.4, -0.2) is 16.8 Å². The van der Waals surface area contributed by atoms with Crippen LogP contribution < -0.4 is 10.9 Å². The van der Waals surface area contributed by atoms with Crippen LogP contribution >= 0.6 is 11.3 Å². The summed E-state index contributed by atoms with van der Waals surface area (Å²) in [6.45, 7) is 3.83. The Labute approximate surface area is 168 Å². The van der Waals surface area contributed by atoms with Crippen LogP contribution in [0, 0.1) is 6.92 Å². The zero-order valence-electron chi connectivity index (χ0n) is 15.9. The van der Waals surface area contributed by atoms with Crippen LogP contribution in [0.3, 0.4) is 0 Å². The van der Waals surface area contributed by atoms with Crippen molar-refractivity contribution in [3.63, 3.8) is 0 Å². The normalized spacial score (nSPS) is 11.6. The number of carbonyl (C=O) groups is 2. The number of hydrogen-bond donors (Lipinski definition) is 2. The van der Waals surface area contributed by atoms with Gasteiger partial charge < -0.3 is 0 Å². The summed E-state index contributed by atoms with van der Waals surface area (Å²) in [5, 5.41) is 0.780. The standard InChI is InChI=1S/C22H23N3O2S/c1-3-10-18(16-11-6-4-7-12-16)20(26)24-25-21(27)19-15(2)23-22(28-19)17-13-8-5-9-14-17/h4-9,11-14,18H,3,10H2,1-2H3,(H,24,26)(H,25,27)/t18-/m0/s1. The van der Waals surface area contributed by atoms with Crippen molar-refractivity contribution in [3.8, 4) is 10.6 Å². The summed E-state index contributed by atoms with van der Waals surface area (Å²) < 4.78 is 0. The molecule has 0 aliphatic carbocycles. The van der Waals surface area contributed by atoms with Crippen molar-refractivity contribution in [3.05, 3.63) is 76.8 Å². The fraction of sp³-hybridized carbons (Fsp3) is 0.227. The fourth-order valence-electron chi connectivity index (χ4n) is 3.00. The second-order valence-electron chi connectivity index (χ2n) is 6.49. The molecule has 0 saturated carbocycles. The van der Waals surface area contributed by atoms with Gasteiger partial charge in [-0.05, 0) is 18.9 Å². The Morgan fingerprint density at radius 2 is 1.64 bits per heavy atom. The summed E-state index contributed by atoms with van der Waals surface area (Å²) in [7, 11) is 0. The van der Waals surface area contributed by atoms with E-state index in [0.717, 1.165) is 22.6 Å². The van der Waals surface area contributed by atoms with Gasteiger partial charge in [0.15, 0.2) is 0 Å². The van der Waals surface area contributed by atoms with Gasteiger partial charge in [0, 0.05) is 5.56 Å². The molecule has 3 rings (SSSR count). The molecule has 0 bridgehead atoms. The maximum Gasteiger partial charge on any atom is 0.281 e. The Morgan fingerprint density at radius 3 is 2.29 bits per heavy atom. The van der Waals surface area contributed by atoms with Crippen LogP contribution in [0.15, 0.2) is 60.7 Å². The highest BCUT2D eigenvalue weighted by Crippen LogP contribution is 2.27. The first-order chi connectivity index (χ1) is 13.6. The summed E-state index contributed by atoms with van der Waals surface area (Å²) >= 11 is 1.31. The van der Waals surface area contributed by atoms with Crippen LogP contribution in [0.1, 0.15) is 46.6 Å². The molecule has 6 heteroatoms. The highest BCUT2D eigenvalue weighted by atomic mass is 32.1. The zero-order chi connectivity index (χ0) is 19.9. The highest BCUT2D eigenvalue weighted by molar-refractivity contribution is 7.17. The Hall–Kier alpha value is -2.99. The van der Waals surface area contributed by atoms with E-state index in [-0.39, 0.29) is 17.7 Å². The number of carbonyl (C=O) groups excluding carboxylic acids is 2. The number of benzene rings is 2. The van der Waals surface area contributed by atoms with Gasteiger partial charge in [-0.2, -0.15) is 0 Å². The quantitative estimate of drug-likeness (QED) is 0.607. The van der Waals surface area contributed by atoms with E-state index in [4.69, 9.17) is 0 Å². The summed E-state index contributed by atoms with van der Waals surface area (Å²) in [4.78, 5) is 30.2. The van der Waals surface area contributed by atoms with Gasteiger partial charge in [0.1, 0.15) is 9.88 Å². The minimum atomic E-state index is -0.353. The first-order valence-electron chi connectivity index (χ1n) is 9.28. The molecule has 1 heterocycles. The van der Waals surface area contributed by atoms with Crippen molar-refractivity contribution < 1.29 is 9.59 Å². The molecule has 2 aromatic carbocycles. The van der Waals surface area contributed by atoms with Gasteiger partial charge in [-0.15, -0.1) is 11.3 Å². The Morgan fingerprint density at radius 1 is 1.00 bits per heavy atom. The average molecular weight is 394 g/mol. The fourth-order valence-corrected chi connectivity index (χ4v) is 3.96. The zero-order valence-corrected chi connectivity index (χ0v) is 16.8. The van der Waals surface area contributed by atoms with E-state index < -0.39 is 0 Å². The molecule has 1 atom stereocenters. The predicted octanol–water partition coefficient (Wildman–Crippen LogP) is 4.46. The molecule has 2 amide bonds. The van der Waals surface area contributed by atoms with Crippen LogP contribution in [0.5, 0.6) is 0 Å². The van der Waals surface area contributed by atoms with Crippen molar-refractivity contribution in [1.29, 1.82) is 0 Å². The monoisotopic (exact) mass is 393 g/mol. The maximum atomic E-state index is 12.6. The van der Waals surface area contributed by atoms with Crippen molar-refractivity contribution >= 4 is 23.2 Å². The second kappa shape index (κ2) is 9.28. The summed E-state index contributed by atoms with van der Waals surface area (Å²) in [5.74, 6) is -0.866. The lowest BCUT2D eigenvalue weighted by atomic mass is 9.94. The predicted molar refractivity (Wildman–Crippen MR) is 112 cm³/mol. The third kappa shape index (κ3) is 4.64. The minimum absolute atomic E-state index is 0.216. The molecule has 5 nitrogen and oxygen atoms in total. The number of hydrazine groups is 1. The molecule has 144 valence electrons. The molecule has 2 N–H and O–H groups in total. The van der Waals surface area contributed by atoms with E-state index in [1.54, 1.807) is 6.92 Å². The molecule has 0 aliphatic heterocycles. The first-order valence-corrected chi connectivity index (χ1v) is 10.1. The number of hydrogen-bond acceptors (Lipinski definition) is 4. The summed E-state index contributed by atoms with van der Waals surface area (Å²) in [6.07, 6.45) is 1.58. The van der Waals surface area contributed by atoms with E-state index in [0.29, 0.717) is 17.0 Å². The van der Waals surface area contributed by atoms with Crippen molar-refractivity contribution in [1.82, 2.24) is 15.8 Å². The van der Waals surface area contributed by atoms with E-state index in [1.807, 2.05) is 67.6 Å². The summed E-state index contributed by atoms with van der Waals surface area (Å²) in [5.41, 5.74) is 7.67. The maximum absolute atomic E-state index is 12.6. The van der Waals surface area contributed by atoms with Crippen LogP contribution in [0.2, 0.25) is 0 Å². The minimum Gasteiger partial charge on any atom is -0.273 e. The third-order valence-corrected chi connectivity index (χ3v) is 5.62. The van der Waals surface area contributed by atoms with Gasteiger partial charge in [-0.1, -0.05) is 74.0 Å². The SMILES string of the molecule is CCC[C@H](C(=O)NNC(=O)c1sc(-c2ccccc2)nc1C)c1ccccc1. The topological polar surface area (TPSA) is 71.1 Å². The molecule has 0 radical (unpaired) electrons. The van der Waals surface area contributed by atoms with E-state index >= 15 is 0 Å². The molecule has 0 fully saturated rings. The van der Waals surface area contributed by atoms with Crippen molar-refractivity contribution in [2.45, 2.75) is 32.6 Å². The number of nitrogens with zero attached hydrogens (tertiary/aromatic N) is 1. The summed E-state index contributed by atoms with van der Waals surface area (Å²) in [6, 6.07) is 19.3. The highest BCUT2D eigenvalue weighted by Gasteiger charge is 2.21. The van der Waals surface area contributed by atoms with Gasteiger partial charge in [-0.25, -0.2) is 4.98 Å². The van der Waals surface area contributed by atoms with E-state index in [1.165, 1.54) is 11.3 Å². The number of aryl methyl sites for hydroxylation is 1. The molecule has 0 unspecified atom stereocenters.